The van der Waals surface area contributed by atoms with Gasteiger partial charge in [-0.25, -0.2) is 9.37 Å². The number of carboxylic acids is 1. The number of fused-ring (bicyclic) bond motifs is 1. The van der Waals surface area contributed by atoms with Crippen molar-refractivity contribution in [3.8, 4) is 0 Å². The minimum atomic E-state index is -0.849. The van der Waals surface area contributed by atoms with Crippen LogP contribution in [0.5, 0.6) is 0 Å². The zero-order chi connectivity index (χ0) is 14.3. The molecule has 2 aromatic rings. The van der Waals surface area contributed by atoms with E-state index in [2.05, 4.69) is 10.3 Å². The molecule has 1 atom stereocenters. The highest BCUT2D eigenvalue weighted by Crippen LogP contribution is 2.39. The molecule has 4 nitrogen and oxygen atoms in total. The SMILES string of the molecule is O=C(O)C1CCc2sc(Nc3ccc(Cl)c(F)c3)nc21. The molecule has 0 fully saturated rings. The molecule has 1 aliphatic carbocycles. The standard InChI is InChI=1S/C13H10ClFN2O2S/c14-8-3-1-6(5-9(8)15)16-13-17-11-7(12(18)19)2-4-10(11)20-13/h1,3,5,7H,2,4H2,(H,16,17)(H,18,19). The maximum Gasteiger partial charge on any atom is 0.312 e. The first-order valence-corrected chi connectivity index (χ1v) is 7.18. The number of hydrogen-bond acceptors (Lipinski definition) is 4. The van der Waals surface area contributed by atoms with E-state index in [0.717, 1.165) is 11.3 Å². The fourth-order valence-corrected chi connectivity index (χ4v) is 3.39. The summed E-state index contributed by atoms with van der Waals surface area (Å²) in [5.74, 6) is -1.89. The van der Waals surface area contributed by atoms with Gasteiger partial charge in [0.1, 0.15) is 11.7 Å². The van der Waals surface area contributed by atoms with E-state index in [9.17, 15) is 9.18 Å². The Morgan fingerprint density at radius 1 is 1.55 bits per heavy atom. The number of benzene rings is 1. The van der Waals surface area contributed by atoms with Crippen LogP contribution in [0.1, 0.15) is 22.9 Å². The van der Waals surface area contributed by atoms with Crippen LogP contribution in [0.2, 0.25) is 5.02 Å². The van der Waals surface area contributed by atoms with E-state index in [1.165, 1.54) is 23.5 Å². The molecule has 1 aromatic carbocycles. The van der Waals surface area contributed by atoms with E-state index in [4.69, 9.17) is 16.7 Å². The quantitative estimate of drug-likeness (QED) is 0.905. The van der Waals surface area contributed by atoms with E-state index in [0.29, 0.717) is 22.9 Å². The molecule has 0 bridgehead atoms. The van der Waals surface area contributed by atoms with Gasteiger partial charge in [0, 0.05) is 10.6 Å². The van der Waals surface area contributed by atoms with Gasteiger partial charge in [-0.05, 0) is 31.0 Å². The van der Waals surface area contributed by atoms with Crippen LogP contribution in [0.15, 0.2) is 18.2 Å². The van der Waals surface area contributed by atoms with Crippen LogP contribution in [0.3, 0.4) is 0 Å². The number of aryl methyl sites for hydroxylation is 1. The third-order valence-corrected chi connectivity index (χ3v) is 4.54. The predicted molar refractivity (Wildman–Crippen MR) is 75.5 cm³/mol. The van der Waals surface area contributed by atoms with Crippen LogP contribution in [-0.4, -0.2) is 16.1 Å². The number of halogens is 2. The Bertz CT molecular complexity index is 689. The monoisotopic (exact) mass is 312 g/mol. The van der Waals surface area contributed by atoms with Crippen LogP contribution < -0.4 is 5.32 Å². The third kappa shape index (κ3) is 2.36. The number of carboxylic acid groups (broad SMARTS) is 1. The fourth-order valence-electron chi connectivity index (χ4n) is 2.22. The van der Waals surface area contributed by atoms with Crippen molar-refractivity contribution in [1.29, 1.82) is 0 Å². The van der Waals surface area contributed by atoms with Gasteiger partial charge in [0.2, 0.25) is 0 Å². The van der Waals surface area contributed by atoms with Crippen molar-refractivity contribution in [3.63, 3.8) is 0 Å². The predicted octanol–water partition coefficient (Wildman–Crippen LogP) is 3.79. The van der Waals surface area contributed by atoms with Gasteiger partial charge in [0.15, 0.2) is 5.13 Å². The van der Waals surface area contributed by atoms with E-state index in [1.807, 2.05) is 0 Å². The fraction of sp³-hybridized carbons (Fsp3) is 0.231. The van der Waals surface area contributed by atoms with Crippen LogP contribution in [0.25, 0.3) is 0 Å². The van der Waals surface area contributed by atoms with Crippen LogP contribution in [0.4, 0.5) is 15.2 Å². The van der Waals surface area contributed by atoms with Crippen LogP contribution >= 0.6 is 22.9 Å². The van der Waals surface area contributed by atoms with Gasteiger partial charge in [-0.1, -0.05) is 11.6 Å². The average Bonchev–Trinajstić information content (AvgIpc) is 2.93. The summed E-state index contributed by atoms with van der Waals surface area (Å²) >= 11 is 7.02. The summed E-state index contributed by atoms with van der Waals surface area (Å²) in [6, 6.07) is 4.39. The molecule has 1 aromatic heterocycles. The molecule has 0 saturated carbocycles. The minimum absolute atomic E-state index is 0.0584. The van der Waals surface area contributed by atoms with Crippen LogP contribution in [0, 0.1) is 5.82 Å². The summed E-state index contributed by atoms with van der Waals surface area (Å²) in [5.41, 5.74) is 1.16. The second kappa shape index (κ2) is 5.03. The largest absolute Gasteiger partial charge is 0.481 e. The Morgan fingerprint density at radius 3 is 3.05 bits per heavy atom. The second-order valence-electron chi connectivity index (χ2n) is 4.51. The molecule has 1 aliphatic rings. The smallest absolute Gasteiger partial charge is 0.312 e. The number of hydrogen-bond donors (Lipinski definition) is 2. The molecule has 20 heavy (non-hydrogen) atoms. The summed E-state index contributed by atoms with van der Waals surface area (Å²) < 4.78 is 13.3. The molecular weight excluding hydrogens is 303 g/mol. The summed E-state index contributed by atoms with van der Waals surface area (Å²) in [4.78, 5) is 16.4. The molecule has 0 spiro atoms. The maximum atomic E-state index is 13.3. The number of nitrogens with one attached hydrogen (secondary N) is 1. The molecule has 0 saturated heterocycles. The summed E-state index contributed by atoms with van der Waals surface area (Å²) in [5, 5.41) is 12.7. The molecule has 2 N–H and O–H groups in total. The number of aromatic nitrogens is 1. The summed E-state index contributed by atoms with van der Waals surface area (Å²) in [7, 11) is 0. The molecular formula is C13H10ClFN2O2S. The van der Waals surface area contributed by atoms with E-state index < -0.39 is 17.7 Å². The third-order valence-electron chi connectivity index (χ3n) is 3.19. The lowest BCUT2D eigenvalue weighted by Gasteiger charge is -2.04. The molecule has 1 unspecified atom stereocenters. The Labute approximate surface area is 123 Å². The molecule has 3 rings (SSSR count). The lowest BCUT2D eigenvalue weighted by molar-refractivity contribution is -0.138. The zero-order valence-electron chi connectivity index (χ0n) is 10.2. The minimum Gasteiger partial charge on any atom is -0.481 e. The van der Waals surface area contributed by atoms with Gasteiger partial charge in [0.05, 0.1) is 10.7 Å². The van der Waals surface area contributed by atoms with Gasteiger partial charge in [-0.15, -0.1) is 11.3 Å². The van der Waals surface area contributed by atoms with Crippen molar-refractivity contribution >= 4 is 39.7 Å². The normalized spacial score (nSPS) is 17.0. The Morgan fingerprint density at radius 2 is 2.35 bits per heavy atom. The van der Waals surface area contributed by atoms with Crippen molar-refractivity contribution in [2.24, 2.45) is 0 Å². The van der Waals surface area contributed by atoms with Crippen molar-refractivity contribution in [2.45, 2.75) is 18.8 Å². The molecule has 0 radical (unpaired) electrons. The van der Waals surface area contributed by atoms with E-state index in [1.54, 1.807) is 6.07 Å². The highest BCUT2D eigenvalue weighted by molar-refractivity contribution is 7.15. The first-order chi connectivity index (χ1) is 9.54. The first kappa shape index (κ1) is 13.3. The lowest BCUT2D eigenvalue weighted by atomic mass is 10.1. The van der Waals surface area contributed by atoms with E-state index in [-0.39, 0.29) is 5.02 Å². The van der Waals surface area contributed by atoms with Gasteiger partial charge in [0.25, 0.3) is 0 Å². The Kier molecular flexibility index (Phi) is 3.35. The van der Waals surface area contributed by atoms with Gasteiger partial charge in [-0.3, -0.25) is 4.79 Å². The molecule has 7 heteroatoms. The Balaban J connectivity index is 1.84. The number of carbonyl (C=O) groups is 1. The van der Waals surface area contributed by atoms with E-state index >= 15 is 0 Å². The number of aliphatic carboxylic acids is 1. The number of anilines is 2. The lowest BCUT2D eigenvalue weighted by Crippen LogP contribution is -2.08. The number of rotatable bonds is 3. The molecule has 1 heterocycles. The van der Waals surface area contributed by atoms with Crippen LogP contribution in [-0.2, 0) is 11.2 Å². The summed E-state index contributed by atoms with van der Waals surface area (Å²) in [6.45, 7) is 0. The number of thiazole rings is 1. The molecule has 104 valence electrons. The average molecular weight is 313 g/mol. The highest BCUT2D eigenvalue weighted by atomic mass is 35.5. The van der Waals surface area contributed by atoms with Crippen molar-refractivity contribution in [3.05, 3.63) is 39.6 Å². The molecule has 0 aliphatic heterocycles. The zero-order valence-corrected chi connectivity index (χ0v) is 11.8. The topological polar surface area (TPSA) is 62.2 Å². The first-order valence-electron chi connectivity index (χ1n) is 5.99. The van der Waals surface area contributed by atoms with Gasteiger partial charge in [-0.2, -0.15) is 0 Å². The maximum absolute atomic E-state index is 13.3. The molecule has 0 amide bonds. The van der Waals surface area contributed by atoms with Crippen molar-refractivity contribution in [2.75, 3.05) is 5.32 Å². The van der Waals surface area contributed by atoms with Crippen molar-refractivity contribution < 1.29 is 14.3 Å². The summed E-state index contributed by atoms with van der Waals surface area (Å²) in [6.07, 6.45) is 1.32. The second-order valence-corrected chi connectivity index (χ2v) is 6.00. The Hall–Kier alpha value is -1.66. The van der Waals surface area contributed by atoms with Crippen molar-refractivity contribution in [1.82, 2.24) is 4.98 Å². The number of nitrogens with zero attached hydrogens (tertiary/aromatic N) is 1. The van der Waals surface area contributed by atoms with Gasteiger partial charge < -0.3 is 10.4 Å². The van der Waals surface area contributed by atoms with Gasteiger partial charge >= 0.3 is 5.97 Å². The highest BCUT2D eigenvalue weighted by Gasteiger charge is 2.32.